The van der Waals surface area contributed by atoms with Gasteiger partial charge in [0.25, 0.3) is 0 Å². The number of Topliss-reactive ketones (excluding diaryl/α,β-unsaturated/α-hetero) is 1. The number of carboxylic acids is 1. The van der Waals surface area contributed by atoms with Crippen LogP contribution in [0.15, 0.2) is 52.6 Å². The number of nitrogens with zero attached hydrogens (tertiary/aromatic N) is 1. The minimum Gasteiger partial charge on any atom is -0.478 e. The van der Waals surface area contributed by atoms with Crippen LogP contribution in [-0.4, -0.2) is 22.6 Å². The third kappa shape index (κ3) is 3.83. The van der Waals surface area contributed by atoms with E-state index in [-0.39, 0.29) is 23.2 Å². The second kappa shape index (κ2) is 6.73. The van der Waals surface area contributed by atoms with E-state index < -0.39 is 5.97 Å². The number of aromatic carboxylic acids is 1. The zero-order valence-electron chi connectivity index (χ0n) is 13.8. The third-order valence-electron chi connectivity index (χ3n) is 3.73. The molecule has 0 amide bonds. The van der Waals surface area contributed by atoms with E-state index in [4.69, 9.17) is 5.11 Å². The van der Waals surface area contributed by atoms with Crippen LogP contribution in [-0.2, 0) is 4.79 Å². The Morgan fingerprint density at radius 2 is 1.61 bits per heavy atom. The van der Waals surface area contributed by atoms with Crippen LogP contribution in [0.1, 0.15) is 38.1 Å². The molecule has 0 unspecified atom stereocenters. The molecule has 120 valence electrons. The van der Waals surface area contributed by atoms with Crippen molar-refractivity contribution < 1.29 is 14.7 Å². The van der Waals surface area contributed by atoms with Gasteiger partial charge in [0.1, 0.15) is 0 Å². The van der Waals surface area contributed by atoms with Crippen LogP contribution in [0.25, 0.3) is 0 Å². The molecule has 2 rings (SSSR count). The van der Waals surface area contributed by atoms with Crippen LogP contribution in [0.3, 0.4) is 0 Å². The third-order valence-corrected chi connectivity index (χ3v) is 3.73. The predicted molar refractivity (Wildman–Crippen MR) is 91.3 cm³/mol. The summed E-state index contributed by atoms with van der Waals surface area (Å²) in [5, 5.41) is 9.06. The molecular weight excluding hydrogens is 290 g/mol. The van der Waals surface area contributed by atoms with Gasteiger partial charge < -0.3 is 5.11 Å². The summed E-state index contributed by atoms with van der Waals surface area (Å²) >= 11 is 0. The summed E-state index contributed by atoms with van der Waals surface area (Å²) in [6, 6.07) is 6.47. The molecular formula is C19H21NO3. The molecule has 0 bridgehead atoms. The van der Waals surface area contributed by atoms with Crippen LogP contribution in [0, 0.1) is 11.8 Å². The van der Waals surface area contributed by atoms with Crippen molar-refractivity contribution in [3.8, 4) is 0 Å². The second-order valence-electron chi connectivity index (χ2n) is 6.23. The van der Waals surface area contributed by atoms with Gasteiger partial charge in [-0.15, -0.1) is 0 Å². The average molecular weight is 311 g/mol. The van der Waals surface area contributed by atoms with Gasteiger partial charge in [-0.2, -0.15) is 0 Å². The number of hydrogen-bond donors (Lipinski definition) is 1. The van der Waals surface area contributed by atoms with Crippen LogP contribution < -0.4 is 0 Å². The topological polar surface area (TPSA) is 66.7 Å². The Morgan fingerprint density at radius 1 is 1.04 bits per heavy atom. The van der Waals surface area contributed by atoms with E-state index >= 15 is 0 Å². The summed E-state index contributed by atoms with van der Waals surface area (Å²) in [4.78, 5) is 28.0. The van der Waals surface area contributed by atoms with Gasteiger partial charge in [-0.1, -0.05) is 33.8 Å². The van der Waals surface area contributed by atoms with Crippen molar-refractivity contribution in [3.05, 3.63) is 53.1 Å². The minimum absolute atomic E-state index is 0.0771. The van der Waals surface area contributed by atoms with E-state index in [0.29, 0.717) is 11.4 Å². The van der Waals surface area contributed by atoms with Gasteiger partial charge in [-0.25, -0.2) is 9.79 Å². The van der Waals surface area contributed by atoms with Gasteiger partial charge in [0.15, 0.2) is 5.78 Å². The van der Waals surface area contributed by atoms with Crippen molar-refractivity contribution in [2.75, 3.05) is 0 Å². The fraction of sp³-hybridized carbons (Fsp3) is 0.316. The van der Waals surface area contributed by atoms with Crippen LogP contribution in [0.2, 0.25) is 0 Å². The predicted octanol–water partition coefficient (Wildman–Crippen LogP) is 4.20. The van der Waals surface area contributed by atoms with Crippen molar-refractivity contribution in [3.63, 3.8) is 0 Å². The number of carbonyl (C=O) groups is 2. The summed E-state index contributed by atoms with van der Waals surface area (Å²) in [7, 11) is 0. The van der Waals surface area contributed by atoms with Crippen LogP contribution >= 0.6 is 0 Å². The summed E-state index contributed by atoms with van der Waals surface area (Å²) < 4.78 is 0. The minimum atomic E-state index is -0.984. The molecule has 1 N–H and O–H groups in total. The van der Waals surface area contributed by atoms with Gasteiger partial charge in [-0.3, -0.25) is 4.79 Å². The Labute approximate surface area is 136 Å². The highest BCUT2D eigenvalue weighted by atomic mass is 16.4. The molecule has 1 aliphatic carbocycles. The highest BCUT2D eigenvalue weighted by Crippen LogP contribution is 2.26. The van der Waals surface area contributed by atoms with Crippen molar-refractivity contribution in [2.24, 2.45) is 16.8 Å². The molecule has 0 fully saturated rings. The number of aliphatic imine (C=N–C) groups is 1. The van der Waals surface area contributed by atoms with E-state index in [1.807, 2.05) is 27.7 Å². The number of allylic oxidation sites excluding steroid dienone is 4. The highest BCUT2D eigenvalue weighted by Gasteiger charge is 2.24. The number of carbonyl (C=O) groups excluding carboxylic acids is 1. The standard InChI is InChI=1S/C19H21NO3/c1-11(2)16-9-15(10-17(12(3)4)18(16)21)20-14-7-5-6-13(8-14)19(22)23/h5-12H,1-4H3,(H,22,23). The maximum atomic E-state index is 12.5. The fourth-order valence-corrected chi connectivity index (χ4v) is 2.44. The molecule has 1 aliphatic rings. The lowest BCUT2D eigenvalue weighted by atomic mass is 9.84. The zero-order chi connectivity index (χ0) is 17.1. The van der Waals surface area contributed by atoms with Crippen LogP contribution in [0.4, 0.5) is 5.69 Å². The molecule has 0 spiro atoms. The van der Waals surface area contributed by atoms with Gasteiger partial charge >= 0.3 is 5.97 Å². The number of benzene rings is 1. The second-order valence-corrected chi connectivity index (χ2v) is 6.23. The van der Waals surface area contributed by atoms with Crippen molar-refractivity contribution in [2.45, 2.75) is 27.7 Å². The quantitative estimate of drug-likeness (QED) is 0.847. The zero-order valence-corrected chi connectivity index (χ0v) is 13.8. The fourth-order valence-electron chi connectivity index (χ4n) is 2.44. The van der Waals surface area contributed by atoms with Crippen LogP contribution in [0.5, 0.6) is 0 Å². The Balaban J connectivity index is 2.49. The normalized spacial score (nSPS) is 14.9. The lowest BCUT2D eigenvalue weighted by Gasteiger charge is -2.20. The first kappa shape index (κ1) is 16.9. The monoisotopic (exact) mass is 311 g/mol. The van der Waals surface area contributed by atoms with Gasteiger partial charge in [0.2, 0.25) is 0 Å². The number of hydrogen-bond acceptors (Lipinski definition) is 3. The highest BCUT2D eigenvalue weighted by molar-refractivity contribution is 6.22. The molecule has 0 saturated carbocycles. The van der Waals surface area contributed by atoms with E-state index in [1.54, 1.807) is 24.3 Å². The maximum absolute atomic E-state index is 12.5. The van der Waals surface area contributed by atoms with Crippen molar-refractivity contribution in [1.82, 2.24) is 0 Å². The van der Waals surface area contributed by atoms with E-state index in [1.165, 1.54) is 12.1 Å². The number of carboxylic acid groups (broad SMARTS) is 1. The molecule has 0 heterocycles. The first-order valence-corrected chi connectivity index (χ1v) is 7.69. The first-order chi connectivity index (χ1) is 10.8. The molecule has 0 radical (unpaired) electrons. The molecule has 1 aromatic rings. The molecule has 1 aromatic carbocycles. The Hall–Kier alpha value is -2.49. The van der Waals surface area contributed by atoms with E-state index in [2.05, 4.69) is 4.99 Å². The molecule has 0 aliphatic heterocycles. The first-order valence-electron chi connectivity index (χ1n) is 7.69. The SMILES string of the molecule is CC(C)C1=CC(=Nc2cccc(C(=O)O)c2)C=C(C(C)C)C1=O. The van der Waals surface area contributed by atoms with Crippen molar-refractivity contribution >= 4 is 23.2 Å². The summed E-state index contributed by atoms with van der Waals surface area (Å²) in [6.07, 6.45) is 3.60. The molecule has 0 atom stereocenters. The molecule has 0 saturated heterocycles. The number of rotatable bonds is 4. The van der Waals surface area contributed by atoms with E-state index in [9.17, 15) is 9.59 Å². The van der Waals surface area contributed by atoms with E-state index in [0.717, 1.165) is 11.1 Å². The van der Waals surface area contributed by atoms with Gasteiger partial charge in [0.05, 0.1) is 17.0 Å². The molecule has 0 aromatic heterocycles. The van der Waals surface area contributed by atoms with Gasteiger partial charge in [-0.05, 0) is 42.2 Å². The number of ketones is 1. The maximum Gasteiger partial charge on any atom is 0.335 e. The van der Waals surface area contributed by atoms with Gasteiger partial charge in [0, 0.05) is 11.1 Å². The largest absolute Gasteiger partial charge is 0.478 e. The Kier molecular flexibility index (Phi) is 4.94. The molecule has 4 heteroatoms. The Morgan fingerprint density at radius 3 is 2.09 bits per heavy atom. The smallest absolute Gasteiger partial charge is 0.335 e. The summed E-state index contributed by atoms with van der Waals surface area (Å²) in [5.74, 6) is -0.683. The average Bonchev–Trinajstić information content (AvgIpc) is 2.48. The molecule has 4 nitrogen and oxygen atoms in total. The van der Waals surface area contributed by atoms with Crippen molar-refractivity contribution in [1.29, 1.82) is 0 Å². The lowest BCUT2D eigenvalue weighted by Crippen LogP contribution is -2.20. The molecule has 23 heavy (non-hydrogen) atoms. The Bertz CT molecular complexity index is 707. The summed E-state index contributed by atoms with van der Waals surface area (Å²) in [5.41, 5.74) is 2.92. The lowest BCUT2D eigenvalue weighted by molar-refractivity contribution is -0.113. The summed E-state index contributed by atoms with van der Waals surface area (Å²) in [6.45, 7) is 7.93.